The Kier molecular flexibility index (Phi) is 3.69. The van der Waals surface area contributed by atoms with Gasteiger partial charge in [-0.1, -0.05) is 12.1 Å². The van der Waals surface area contributed by atoms with E-state index in [1.165, 1.54) is 0 Å². The molecule has 1 nitrogen and oxygen atoms in total. The highest BCUT2D eigenvalue weighted by molar-refractivity contribution is 9.10. The van der Waals surface area contributed by atoms with E-state index < -0.39 is 0 Å². The van der Waals surface area contributed by atoms with Gasteiger partial charge in [0.05, 0.1) is 4.47 Å². The Hall–Kier alpha value is -0.410. The zero-order valence-corrected chi connectivity index (χ0v) is 8.49. The molecule has 0 aromatic heterocycles. The van der Waals surface area contributed by atoms with Gasteiger partial charge < -0.3 is 5.32 Å². The van der Waals surface area contributed by atoms with Crippen LogP contribution in [0.3, 0.4) is 0 Å². The summed E-state index contributed by atoms with van der Waals surface area (Å²) in [5, 5.41) is 2.98. The average Bonchev–Trinajstić information content (AvgIpc) is 2.08. The van der Waals surface area contributed by atoms with Crippen molar-refractivity contribution in [3.63, 3.8) is 0 Å². The van der Waals surface area contributed by atoms with Crippen LogP contribution >= 0.6 is 15.9 Å². The summed E-state index contributed by atoms with van der Waals surface area (Å²) in [6.07, 6.45) is 0.724. The van der Waals surface area contributed by atoms with Crippen LogP contribution in [0.15, 0.2) is 22.7 Å². The molecule has 0 bridgehead atoms. The highest BCUT2D eigenvalue weighted by atomic mass is 79.9. The predicted octanol–water partition coefficient (Wildman–Crippen LogP) is 2.35. The number of nitrogens with one attached hydrogen (secondary N) is 1. The van der Waals surface area contributed by atoms with Crippen LogP contribution in [0.4, 0.5) is 4.39 Å². The topological polar surface area (TPSA) is 12.0 Å². The van der Waals surface area contributed by atoms with Crippen molar-refractivity contribution >= 4 is 15.9 Å². The molecule has 66 valence electrons. The third kappa shape index (κ3) is 2.29. The molecule has 0 radical (unpaired) electrons. The van der Waals surface area contributed by atoms with Crippen LogP contribution in [-0.2, 0) is 6.42 Å². The minimum Gasteiger partial charge on any atom is -0.319 e. The van der Waals surface area contributed by atoms with Gasteiger partial charge in [0, 0.05) is 0 Å². The molecule has 0 fully saturated rings. The summed E-state index contributed by atoms with van der Waals surface area (Å²) in [6, 6.07) is 5.35. The van der Waals surface area contributed by atoms with E-state index in [0.29, 0.717) is 4.47 Å². The van der Waals surface area contributed by atoms with E-state index >= 15 is 0 Å². The van der Waals surface area contributed by atoms with Gasteiger partial charge in [-0.25, -0.2) is 4.39 Å². The lowest BCUT2D eigenvalue weighted by molar-refractivity contribution is 0.598. The number of rotatable bonds is 3. The lowest BCUT2D eigenvalue weighted by Crippen LogP contribution is -2.11. The molecule has 1 N–H and O–H groups in total. The number of hydrogen-bond acceptors (Lipinski definition) is 1. The monoisotopic (exact) mass is 231 g/mol. The molecule has 0 amide bonds. The van der Waals surface area contributed by atoms with Crippen LogP contribution in [0, 0.1) is 5.82 Å². The minimum atomic E-state index is -0.146. The summed E-state index contributed by atoms with van der Waals surface area (Å²) in [4.78, 5) is 0. The van der Waals surface area contributed by atoms with Gasteiger partial charge in [0.1, 0.15) is 5.82 Å². The van der Waals surface area contributed by atoms with Crippen molar-refractivity contribution in [1.29, 1.82) is 0 Å². The van der Waals surface area contributed by atoms with Gasteiger partial charge >= 0.3 is 0 Å². The van der Waals surface area contributed by atoms with E-state index in [1.807, 2.05) is 13.1 Å². The van der Waals surface area contributed by atoms with Crippen LogP contribution in [0.1, 0.15) is 5.56 Å². The van der Waals surface area contributed by atoms with Crippen molar-refractivity contribution in [3.8, 4) is 0 Å². The molecular weight excluding hydrogens is 221 g/mol. The summed E-state index contributed by atoms with van der Waals surface area (Å²) in [5.74, 6) is -0.146. The summed E-state index contributed by atoms with van der Waals surface area (Å²) < 4.78 is 13.8. The Labute approximate surface area is 80.1 Å². The first-order valence-electron chi connectivity index (χ1n) is 3.83. The van der Waals surface area contributed by atoms with Crippen LogP contribution in [0.25, 0.3) is 0 Å². The molecule has 0 aliphatic heterocycles. The molecule has 3 heteroatoms. The molecule has 0 heterocycles. The van der Waals surface area contributed by atoms with E-state index in [1.54, 1.807) is 12.1 Å². The normalized spacial score (nSPS) is 10.2. The molecule has 0 atom stereocenters. The number of benzene rings is 1. The summed E-state index contributed by atoms with van der Waals surface area (Å²) >= 11 is 3.14. The van der Waals surface area contributed by atoms with Crippen molar-refractivity contribution in [1.82, 2.24) is 5.32 Å². The fourth-order valence-electron chi connectivity index (χ4n) is 1.00. The molecular formula is C9H11BrFN. The number of hydrogen-bond donors (Lipinski definition) is 1. The largest absolute Gasteiger partial charge is 0.319 e. The lowest BCUT2D eigenvalue weighted by Gasteiger charge is -2.03. The van der Waals surface area contributed by atoms with Crippen molar-refractivity contribution in [3.05, 3.63) is 34.1 Å². The van der Waals surface area contributed by atoms with Crippen molar-refractivity contribution < 1.29 is 4.39 Å². The minimum absolute atomic E-state index is 0.146. The third-order valence-electron chi connectivity index (χ3n) is 1.68. The standard InChI is InChI=1S/C9H11BrFN/c1-12-6-5-7-3-2-4-8(10)9(7)11/h2-4,12H,5-6H2,1H3. The van der Waals surface area contributed by atoms with Gasteiger partial charge in [-0.3, -0.25) is 0 Å². The first-order chi connectivity index (χ1) is 5.75. The van der Waals surface area contributed by atoms with E-state index in [4.69, 9.17) is 0 Å². The van der Waals surface area contributed by atoms with Crippen LogP contribution in [0.5, 0.6) is 0 Å². The summed E-state index contributed by atoms with van der Waals surface area (Å²) in [7, 11) is 1.86. The second-order valence-corrected chi connectivity index (χ2v) is 3.42. The highest BCUT2D eigenvalue weighted by Gasteiger charge is 2.03. The van der Waals surface area contributed by atoms with Crippen molar-refractivity contribution in [2.24, 2.45) is 0 Å². The summed E-state index contributed by atoms with van der Waals surface area (Å²) in [5.41, 5.74) is 0.749. The smallest absolute Gasteiger partial charge is 0.140 e. The van der Waals surface area contributed by atoms with E-state index in [2.05, 4.69) is 21.2 Å². The molecule has 0 unspecified atom stereocenters. The molecule has 0 spiro atoms. The fraction of sp³-hybridized carbons (Fsp3) is 0.333. The molecule has 1 rings (SSSR count). The highest BCUT2D eigenvalue weighted by Crippen LogP contribution is 2.18. The average molecular weight is 232 g/mol. The molecule has 12 heavy (non-hydrogen) atoms. The predicted molar refractivity (Wildman–Crippen MR) is 51.7 cm³/mol. The Morgan fingerprint density at radius 2 is 2.25 bits per heavy atom. The van der Waals surface area contributed by atoms with Crippen molar-refractivity contribution in [2.45, 2.75) is 6.42 Å². The molecule has 0 saturated heterocycles. The van der Waals surface area contributed by atoms with Crippen LogP contribution < -0.4 is 5.32 Å². The van der Waals surface area contributed by atoms with Crippen LogP contribution in [0.2, 0.25) is 0 Å². The quantitative estimate of drug-likeness (QED) is 0.843. The second kappa shape index (κ2) is 4.58. The Morgan fingerprint density at radius 1 is 1.50 bits per heavy atom. The second-order valence-electron chi connectivity index (χ2n) is 2.57. The van der Waals surface area contributed by atoms with Gasteiger partial charge in [0.15, 0.2) is 0 Å². The Bertz CT molecular complexity index is 263. The lowest BCUT2D eigenvalue weighted by atomic mass is 10.1. The molecule has 1 aromatic carbocycles. The SMILES string of the molecule is CNCCc1cccc(Br)c1F. The Balaban J connectivity index is 2.78. The van der Waals surface area contributed by atoms with Gasteiger partial charge in [0.2, 0.25) is 0 Å². The van der Waals surface area contributed by atoms with E-state index in [-0.39, 0.29) is 5.82 Å². The van der Waals surface area contributed by atoms with Crippen molar-refractivity contribution in [2.75, 3.05) is 13.6 Å². The maximum atomic E-state index is 13.3. The molecule has 0 aliphatic rings. The van der Waals surface area contributed by atoms with Gasteiger partial charge in [-0.15, -0.1) is 0 Å². The Morgan fingerprint density at radius 3 is 2.92 bits per heavy atom. The molecule has 1 aromatic rings. The first kappa shape index (κ1) is 9.68. The fourth-order valence-corrected chi connectivity index (χ4v) is 1.41. The van der Waals surface area contributed by atoms with E-state index in [9.17, 15) is 4.39 Å². The third-order valence-corrected chi connectivity index (χ3v) is 2.29. The number of halogens is 2. The van der Waals surface area contributed by atoms with Gasteiger partial charge in [-0.2, -0.15) is 0 Å². The van der Waals surface area contributed by atoms with Crippen LogP contribution in [-0.4, -0.2) is 13.6 Å². The van der Waals surface area contributed by atoms with Gasteiger partial charge in [0.25, 0.3) is 0 Å². The van der Waals surface area contributed by atoms with Gasteiger partial charge in [-0.05, 0) is 47.6 Å². The zero-order valence-electron chi connectivity index (χ0n) is 6.90. The number of likely N-dealkylation sites (N-methyl/N-ethyl adjacent to an activating group) is 1. The maximum Gasteiger partial charge on any atom is 0.140 e. The molecule has 0 aliphatic carbocycles. The molecule has 0 saturated carbocycles. The maximum absolute atomic E-state index is 13.3. The summed E-state index contributed by atoms with van der Waals surface area (Å²) in [6.45, 7) is 0.799. The first-order valence-corrected chi connectivity index (χ1v) is 4.62. The zero-order chi connectivity index (χ0) is 8.97. The van der Waals surface area contributed by atoms with E-state index in [0.717, 1.165) is 18.5 Å².